The van der Waals surface area contributed by atoms with Gasteiger partial charge in [-0.05, 0) is 57.9 Å². The molecule has 1 aliphatic rings. The van der Waals surface area contributed by atoms with Crippen molar-refractivity contribution in [2.45, 2.75) is 51.3 Å². The molecule has 3 amide bonds. The highest BCUT2D eigenvalue weighted by Crippen LogP contribution is 2.29. The molecule has 0 aromatic heterocycles. The van der Waals surface area contributed by atoms with E-state index in [0.717, 1.165) is 6.07 Å². The SMILES string of the molecule is COc1cc(Cl)ccc1NC(=O)[C@@H]1CCC(NC(=O)COc2ccc(Cl)c(F)c2)CN1C(=O)OC(C)(C)C. The van der Waals surface area contributed by atoms with Gasteiger partial charge in [-0.1, -0.05) is 23.2 Å². The quantitative estimate of drug-likeness (QED) is 0.483. The molecule has 2 N–H and O–H groups in total. The average Bonchev–Trinajstić information content (AvgIpc) is 2.84. The molecule has 206 valence electrons. The Morgan fingerprint density at radius 2 is 1.84 bits per heavy atom. The van der Waals surface area contributed by atoms with Crippen LogP contribution in [0.25, 0.3) is 0 Å². The van der Waals surface area contributed by atoms with E-state index in [-0.39, 0.29) is 30.3 Å². The number of hydrogen-bond acceptors (Lipinski definition) is 6. The number of anilines is 1. The lowest BCUT2D eigenvalue weighted by molar-refractivity contribution is -0.125. The van der Waals surface area contributed by atoms with Crippen LogP contribution in [0.2, 0.25) is 10.0 Å². The monoisotopic (exact) mass is 569 g/mol. The number of carbonyl (C=O) groups excluding carboxylic acids is 3. The lowest BCUT2D eigenvalue weighted by Crippen LogP contribution is -2.58. The van der Waals surface area contributed by atoms with Crippen LogP contribution in [0.1, 0.15) is 33.6 Å². The summed E-state index contributed by atoms with van der Waals surface area (Å²) in [5, 5.41) is 5.97. The maximum atomic E-state index is 13.6. The molecular formula is C26H30Cl2FN3O6. The largest absolute Gasteiger partial charge is 0.495 e. The zero-order chi connectivity index (χ0) is 28.0. The smallest absolute Gasteiger partial charge is 0.411 e. The first kappa shape index (κ1) is 29.3. The molecule has 0 saturated carbocycles. The number of ether oxygens (including phenoxy) is 3. The molecule has 1 fully saturated rings. The minimum Gasteiger partial charge on any atom is -0.495 e. The Labute approximate surface area is 230 Å². The number of piperidine rings is 1. The van der Waals surface area contributed by atoms with Crippen LogP contribution in [-0.4, -0.2) is 60.8 Å². The predicted octanol–water partition coefficient (Wildman–Crippen LogP) is 5.04. The molecule has 9 nitrogen and oxygen atoms in total. The van der Waals surface area contributed by atoms with Gasteiger partial charge in [0.2, 0.25) is 5.91 Å². The van der Waals surface area contributed by atoms with E-state index in [0.29, 0.717) is 22.9 Å². The number of methoxy groups -OCH3 is 1. The molecule has 38 heavy (non-hydrogen) atoms. The Hall–Kier alpha value is -3.24. The summed E-state index contributed by atoms with van der Waals surface area (Å²) >= 11 is 11.7. The summed E-state index contributed by atoms with van der Waals surface area (Å²) in [7, 11) is 1.45. The van der Waals surface area contributed by atoms with Gasteiger partial charge in [0, 0.05) is 29.7 Å². The molecule has 0 bridgehead atoms. The van der Waals surface area contributed by atoms with Crippen molar-refractivity contribution < 1.29 is 33.0 Å². The third-order valence-corrected chi connectivity index (χ3v) is 6.10. The molecule has 0 radical (unpaired) electrons. The maximum absolute atomic E-state index is 13.6. The molecule has 1 heterocycles. The van der Waals surface area contributed by atoms with Crippen molar-refractivity contribution in [1.29, 1.82) is 0 Å². The van der Waals surface area contributed by atoms with Gasteiger partial charge >= 0.3 is 6.09 Å². The van der Waals surface area contributed by atoms with Crippen LogP contribution >= 0.6 is 23.2 Å². The first-order chi connectivity index (χ1) is 17.9. The molecule has 0 aliphatic carbocycles. The summed E-state index contributed by atoms with van der Waals surface area (Å²) in [6, 6.07) is 7.32. The number of likely N-dealkylation sites (tertiary alicyclic amines) is 1. The highest BCUT2D eigenvalue weighted by atomic mass is 35.5. The summed E-state index contributed by atoms with van der Waals surface area (Å²) in [6.45, 7) is 4.83. The molecule has 2 atom stereocenters. The van der Waals surface area contributed by atoms with Crippen molar-refractivity contribution in [2.24, 2.45) is 0 Å². The highest BCUT2D eigenvalue weighted by molar-refractivity contribution is 6.31. The molecule has 0 spiro atoms. The van der Waals surface area contributed by atoms with Crippen LogP contribution < -0.4 is 20.1 Å². The number of carbonyl (C=O) groups is 3. The third-order valence-electron chi connectivity index (χ3n) is 5.56. The Morgan fingerprint density at radius 3 is 2.50 bits per heavy atom. The Kier molecular flexibility index (Phi) is 9.67. The van der Waals surface area contributed by atoms with Gasteiger partial charge in [-0.2, -0.15) is 0 Å². The van der Waals surface area contributed by atoms with E-state index in [1.54, 1.807) is 39.0 Å². The van der Waals surface area contributed by atoms with E-state index in [4.69, 9.17) is 37.4 Å². The number of nitrogens with one attached hydrogen (secondary N) is 2. The summed E-state index contributed by atoms with van der Waals surface area (Å²) in [4.78, 5) is 40.1. The average molecular weight is 570 g/mol. The summed E-state index contributed by atoms with van der Waals surface area (Å²) in [5.74, 6) is -1.05. The van der Waals surface area contributed by atoms with Gasteiger partial charge in [-0.3, -0.25) is 14.5 Å². The number of nitrogens with zero attached hydrogens (tertiary/aromatic N) is 1. The number of rotatable bonds is 7. The van der Waals surface area contributed by atoms with E-state index < -0.39 is 41.4 Å². The molecule has 1 aliphatic heterocycles. The Morgan fingerprint density at radius 1 is 1.11 bits per heavy atom. The van der Waals surface area contributed by atoms with Gasteiger partial charge in [0.25, 0.3) is 5.91 Å². The second-order valence-electron chi connectivity index (χ2n) is 9.69. The van der Waals surface area contributed by atoms with E-state index >= 15 is 0 Å². The summed E-state index contributed by atoms with van der Waals surface area (Å²) < 4.78 is 29.8. The van der Waals surface area contributed by atoms with E-state index in [1.165, 1.54) is 24.1 Å². The normalized spacial score (nSPS) is 17.4. The topological polar surface area (TPSA) is 106 Å². The molecular weight excluding hydrogens is 540 g/mol. The lowest BCUT2D eigenvalue weighted by Gasteiger charge is -2.39. The minimum absolute atomic E-state index is 0.0338. The Balaban J connectivity index is 1.68. The molecule has 12 heteroatoms. The zero-order valence-corrected chi connectivity index (χ0v) is 23.0. The van der Waals surface area contributed by atoms with Crippen molar-refractivity contribution in [3.8, 4) is 11.5 Å². The number of halogens is 3. The number of hydrogen-bond donors (Lipinski definition) is 2. The third kappa shape index (κ3) is 8.13. The van der Waals surface area contributed by atoms with Crippen LogP contribution in [0.15, 0.2) is 36.4 Å². The first-order valence-electron chi connectivity index (χ1n) is 11.9. The minimum atomic E-state index is -0.855. The van der Waals surface area contributed by atoms with Crippen LogP contribution in [0.4, 0.5) is 14.9 Å². The van der Waals surface area contributed by atoms with Gasteiger partial charge in [-0.25, -0.2) is 9.18 Å². The summed E-state index contributed by atoms with van der Waals surface area (Å²) in [5.41, 5.74) is -0.396. The van der Waals surface area contributed by atoms with Crippen molar-refractivity contribution in [3.63, 3.8) is 0 Å². The van der Waals surface area contributed by atoms with E-state index in [2.05, 4.69) is 10.6 Å². The van der Waals surface area contributed by atoms with Crippen molar-refractivity contribution >= 4 is 46.8 Å². The number of amides is 3. The molecule has 2 aromatic carbocycles. The van der Waals surface area contributed by atoms with Gasteiger partial charge < -0.3 is 24.8 Å². The fraction of sp³-hybridized carbons (Fsp3) is 0.423. The lowest BCUT2D eigenvalue weighted by atomic mass is 9.97. The second-order valence-corrected chi connectivity index (χ2v) is 10.5. The fourth-order valence-electron chi connectivity index (χ4n) is 3.85. The zero-order valence-electron chi connectivity index (χ0n) is 21.5. The van der Waals surface area contributed by atoms with E-state index in [9.17, 15) is 18.8 Å². The molecule has 2 aromatic rings. The second kappa shape index (κ2) is 12.5. The van der Waals surface area contributed by atoms with Crippen LogP contribution in [0.3, 0.4) is 0 Å². The van der Waals surface area contributed by atoms with Gasteiger partial charge in [-0.15, -0.1) is 0 Å². The molecule has 1 unspecified atom stereocenters. The highest BCUT2D eigenvalue weighted by Gasteiger charge is 2.39. The van der Waals surface area contributed by atoms with Gasteiger partial charge in [0.1, 0.15) is 29.0 Å². The molecule has 1 saturated heterocycles. The molecule has 3 rings (SSSR count). The van der Waals surface area contributed by atoms with Crippen LogP contribution in [0.5, 0.6) is 11.5 Å². The first-order valence-corrected chi connectivity index (χ1v) is 12.6. The standard InChI is InChI=1S/C26H30Cl2FN3O6/c1-26(2,3)38-25(35)32-13-16(30-23(33)14-37-17-7-8-18(28)19(29)12-17)6-10-21(32)24(34)31-20-9-5-15(27)11-22(20)36-4/h5,7-9,11-12,16,21H,6,10,13-14H2,1-4H3,(H,30,33)(H,31,34)/t16?,21-/m0/s1. The van der Waals surface area contributed by atoms with Crippen LogP contribution in [0, 0.1) is 5.82 Å². The summed E-state index contributed by atoms with van der Waals surface area (Å²) in [6.07, 6.45) is -0.0152. The van der Waals surface area contributed by atoms with Crippen molar-refractivity contribution in [1.82, 2.24) is 10.2 Å². The van der Waals surface area contributed by atoms with Crippen molar-refractivity contribution in [2.75, 3.05) is 25.6 Å². The van der Waals surface area contributed by atoms with E-state index in [1.807, 2.05) is 0 Å². The Bertz CT molecular complexity index is 1190. The fourth-order valence-corrected chi connectivity index (χ4v) is 4.13. The van der Waals surface area contributed by atoms with Crippen molar-refractivity contribution in [3.05, 3.63) is 52.3 Å². The number of benzene rings is 2. The van der Waals surface area contributed by atoms with Crippen LogP contribution in [-0.2, 0) is 14.3 Å². The predicted molar refractivity (Wildman–Crippen MR) is 141 cm³/mol. The van der Waals surface area contributed by atoms with Gasteiger partial charge in [0.05, 0.1) is 17.8 Å². The maximum Gasteiger partial charge on any atom is 0.411 e. The van der Waals surface area contributed by atoms with Gasteiger partial charge in [0.15, 0.2) is 6.61 Å².